The number of esters is 1. The summed E-state index contributed by atoms with van der Waals surface area (Å²) in [5.74, 6) is 9.41. The van der Waals surface area contributed by atoms with E-state index in [1.54, 1.807) is 19.1 Å². The monoisotopic (exact) mass is 1880 g/mol. The first kappa shape index (κ1) is 101. The molecule has 1 fully saturated rings. The van der Waals surface area contributed by atoms with Crippen LogP contribution in [0.5, 0.6) is 0 Å². The van der Waals surface area contributed by atoms with E-state index in [0.29, 0.717) is 75.0 Å². The molecule has 9 atom stereocenters. The number of amides is 3. The maximum atomic E-state index is 13.9. The van der Waals surface area contributed by atoms with E-state index in [1.165, 1.54) is 69.7 Å². The van der Waals surface area contributed by atoms with Gasteiger partial charge >= 0.3 is 42.9 Å². The van der Waals surface area contributed by atoms with Gasteiger partial charge in [-0.2, -0.15) is 35.0 Å². The molecule has 3 aliphatic heterocycles. The SMILES string of the molecule is CCC(OC(C)COP(=O)(O)O)n1cc(C#CCNC(=O)CCCCCNC(=O)C(CSSCCCC(=O)OCC#Cc2cn(C3OC(COP(=O)(O)OP(=O)(O)OP(=O)(O)O)C(O)C3O)c3ncnc(N)c23)NC(=O)CCCCC[N+]2=C(C=CC=CC=C3N(CC)c4ccc(S(=O)(=O)O)cc4C3(C)C)C(C)(C)c3cc(S(=O)(=O)O)ccc32)c(N)nc1=O. The van der Waals surface area contributed by atoms with Gasteiger partial charge in [0.05, 0.1) is 57.6 Å². The molecule has 0 radical (unpaired) electrons. The Morgan fingerprint density at radius 3 is 2.10 bits per heavy atom. The van der Waals surface area contributed by atoms with Crippen molar-refractivity contribution in [2.24, 2.45) is 0 Å². The summed E-state index contributed by atoms with van der Waals surface area (Å²) in [7, 11) is -28.4. The lowest BCUT2D eigenvalue weighted by molar-refractivity contribution is -0.438. The number of allylic oxidation sites excluding steroid dienone is 6. The molecule has 3 aliphatic rings. The van der Waals surface area contributed by atoms with Gasteiger partial charge in [-0.1, -0.05) is 90.7 Å². The van der Waals surface area contributed by atoms with E-state index < -0.39 is 149 Å². The summed E-state index contributed by atoms with van der Waals surface area (Å²) in [4.78, 5) is 135. The number of aliphatic hydroxyl groups is 2. The topological polar surface area (TPSA) is 632 Å². The number of aromatic nitrogens is 5. The lowest BCUT2D eigenvalue weighted by atomic mass is 9.81. The quantitative estimate of drug-likeness (QED) is 0.00317. The molecule has 5 aromatic rings. The van der Waals surface area contributed by atoms with Gasteiger partial charge in [-0.05, 0) is 108 Å². The number of hydrogen-bond donors (Lipinski definition) is 15. The summed E-state index contributed by atoms with van der Waals surface area (Å²) < 4.78 is 153. The number of rotatable bonds is 44. The van der Waals surface area contributed by atoms with Crippen LogP contribution in [-0.2, 0) is 100 Å². The molecule has 0 aliphatic carbocycles. The van der Waals surface area contributed by atoms with Gasteiger partial charge in [-0.15, -0.1) is 0 Å². The Kier molecular flexibility index (Phi) is 35.6. The third-order valence-electron chi connectivity index (χ3n) is 19.3. The Hall–Kier alpha value is -7.89. The molecule has 0 bridgehead atoms. The van der Waals surface area contributed by atoms with E-state index in [1.807, 2.05) is 65.0 Å². The standard InChI is InChI=1S/C73H98N12O30P4S4/c1-8-61(112-46(3)42-110-116(93,94)95)84-41-48(66(74)81-71(84)92)22-19-34-76-59(86)26-15-11-17-33-77-69(91)53(44-121-120-37-21-28-62(88)109-36-20-23-47-40-85(68-63(47)67(75)78-45-79-68)70-65(90)64(89)56(113-70)43-111-118(99,100)115-119(101,102)114-117(96,97)98)80-60(87)27-16-12-18-35-83-55-32-30-50(123(106,107)108)39-52(55)73(6,7)58(83)25-14-10-13-24-57-72(4,5)51-38-49(122(103,104)105)29-31-54(51)82(57)9-2/h10,13-14,24-25,29-32,38-41,45-46,53,56,61,64-65,70,89-90H,8-9,11-12,15-18,21,26-28,33-37,42-44H2,1-7H3,(H14-,74,75,76,77,78,79,80,81,86,87,91,92,93,94,95,96,97,98,99,100,101,102,103,104,105,106,107,108)/p+1. The Labute approximate surface area is 716 Å². The van der Waals surface area contributed by atoms with E-state index in [0.717, 1.165) is 33.6 Å². The largest absolute Gasteiger partial charge is 0.490 e. The minimum absolute atomic E-state index is 0.0133. The number of unbranched alkanes of at least 4 members (excludes halogenated alkanes) is 4. The first-order valence-corrected chi connectivity index (χ1v) is 49.6. The molecule has 50 heteroatoms. The zero-order valence-electron chi connectivity index (χ0n) is 67.6. The number of fused-ring (bicyclic) bond motifs is 3. The number of aliphatic hydroxyl groups excluding tert-OH is 2. The predicted molar refractivity (Wildman–Crippen MR) is 450 cm³/mol. The molecule has 2 aromatic carbocycles. The van der Waals surface area contributed by atoms with Crippen LogP contribution in [0.4, 0.5) is 23.0 Å². The van der Waals surface area contributed by atoms with Crippen LogP contribution in [-0.4, -0.2) is 212 Å². The second-order valence-electron chi connectivity index (χ2n) is 29.1. The highest BCUT2D eigenvalue weighted by molar-refractivity contribution is 8.76. The number of phosphoric ester groups is 2. The predicted octanol–water partition coefficient (Wildman–Crippen LogP) is 5.87. The van der Waals surface area contributed by atoms with E-state index in [9.17, 15) is 88.2 Å². The molecule has 0 saturated carbocycles. The molecule has 6 heterocycles. The average Bonchev–Trinajstić information content (AvgIpc) is 1.59. The van der Waals surface area contributed by atoms with E-state index in [4.69, 9.17) is 45.3 Å². The van der Waals surface area contributed by atoms with Crippen molar-refractivity contribution in [3.63, 3.8) is 0 Å². The number of nitrogens with one attached hydrogen (secondary N) is 3. The fourth-order valence-electron chi connectivity index (χ4n) is 13.4. The first-order valence-electron chi connectivity index (χ1n) is 38.1. The third kappa shape index (κ3) is 28.6. The van der Waals surface area contributed by atoms with Crippen LogP contribution in [0.25, 0.3) is 11.0 Å². The van der Waals surface area contributed by atoms with E-state index in [-0.39, 0.29) is 94.0 Å². The van der Waals surface area contributed by atoms with E-state index in [2.05, 4.69) is 81.7 Å². The van der Waals surface area contributed by atoms with Gasteiger partial charge in [0.2, 0.25) is 23.4 Å². The zero-order valence-corrected chi connectivity index (χ0v) is 74.5. The minimum Gasteiger partial charge on any atom is -0.452 e. The van der Waals surface area contributed by atoms with Crippen LogP contribution in [0.1, 0.15) is 154 Å². The molecule has 0 spiro atoms. The lowest BCUT2D eigenvalue weighted by Gasteiger charge is -2.25. The molecule has 42 nitrogen and oxygen atoms in total. The van der Waals surface area contributed by atoms with Crippen molar-refractivity contribution in [1.29, 1.82) is 0 Å². The molecule has 17 N–H and O–H groups in total. The van der Waals surface area contributed by atoms with Crippen molar-refractivity contribution in [1.82, 2.24) is 40.0 Å². The van der Waals surface area contributed by atoms with Crippen LogP contribution >= 0.6 is 52.9 Å². The van der Waals surface area contributed by atoms with Gasteiger partial charge in [0, 0.05) is 97.2 Å². The van der Waals surface area contributed by atoms with Crippen LogP contribution < -0.4 is 38.0 Å². The van der Waals surface area contributed by atoms with Gasteiger partial charge in [0.1, 0.15) is 60.7 Å². The van der Waals surface area contributed by atoms with Gasteiger partial charge in [-0.25, -0.2) is 33.0 Å². The van der Waals surface area contributed by atoms with Gasteiger partial charge in [0.15, 0.2) is 18.5 Å². The summed E-state index contributed by atoms with van der Waals surface area (Å²) >= 11 is 0. The number of carbonyl (C=O) groups excluding carboxylic acids is 4. The molecule has 8 rings (SSSR count). The number of phosphoric acid groups is 4. The summed E-state index contributed by atoms with van der Waals surface area (Å²) in [5, 5.41) is 30.4. The van der Waals surface area contributed by atoms with Crippen LogP contribution in [0.2, 0.25) is 0 Å². The number of nitrogen functional groups attached to an aromatic ring is 2. The fraction of sp³-hybridized carbons (Fsp3) is 0.493. The maximum absolute atomic E-state index is 13.9. The van der Waals surface area contributed by atoms with Crippen molar-refractivity contribution in [2.45, 2.75) is 183 Å². The maximum Gasteiger partial charge on any atom is 0.490 e. The molecular weight excluding hydrogens is 1780 g/mol. The van der Waals surface area contributed by atoms with Crippen molar-refractivity contribution in [3.8, 4) is 23.7 Å². The Morgan fingerprint density at radius 2 is 1.42 bits per heavy atom. The fourth-order valence-corrected chi connectivity index (χ4v) is 20.1. The number of anilines is 3. The van der Waals surface area contributed by atoms with Crippen molar-refractivity contribution >= 4 is 137 Å². The number of nitrogens with zero attached hydrogens (tertiary/aromatic N) is 7. The summed E-state index contributed by atoms with van der Waals surface area (Å²) in [6, 6.07) is 7.92. The number of ether oxygens (including phenoxy) is 3. The second kappa shape index (κ2) is 43.5. The van der Waals surface area contributed by atoms with Crippen LogP contribution in [0.15, 0.2) is 106 Å². The lowest BCUT2D eigenvalue weighted by Crippen LogP contribution is -2.48. The Bertz CT molecular complexity index is 5500. The molecule has 3 amide bonds. The average molecular weight is 1880 g/mol. The summed E-state index contributed by atoms with van der Waals surface area (Å²) in [6.45, 7) is 12.1. The van der Waals surface area contributed by atoms with Crippen molar-refractivity contribution < 1.29 is 139 Å². The van der Waals surface area contributed by atoms with Gasteiger partial charge < -0.3 is 90.7 Å². The highest BCUT2D eigenvalue weighted by Gasteiger charge is 2.49. The number of benzene rings is 2. The Balaban J connectivity index is 0.856. The van der Waals surface area contributed by atoms with Crippen LogP contribution in [0, 0.1) is 23.7 Å². The number of carbonyl (C=O) groups is 4. The number of likely N-dealkylation sites (N-methyl/N-ethyl adjacent to an activating group) is 1. The molecular formula is C73H99N12O30P4S4+. The van der Waals surface area contributed by atoms with Gasteiger partial charge in [0.25, 0.3) is 20.2 Å². The normalized spacial score (nSPS) is 19.1. The number of nitrogens with two attached hydrogens (primary N) is 2. The summed E-state index contributed by atoms with van der Waals surface area (Å²) in [6.07, 6.45) is 8.01. The molecule has 9 unspecified atom stereocenters. The zero-order chi connectivity index (χ0) is 90.8. The third-order valence-corrected chi connectivity index (χ3v) is 27.8. The molecule has 3 aromatic heterocycles. The highest BCUT2D eigenvalue weighted by atomic mass is 33.1. The highest BCUT2D eigenvalue weighted by Crippen LogP contribution is 2.66. The van der Waals surface area contributed by atoms with Crippen molar-refractivity contribution in [2.75, 3.05) is 73.9 Å². The van der Waals surface area contributed by atoms with Gasteiger partial charge in [-0.3, -0.25) is 41.9 Å². The van der Waals surface area contributed by atoms with Crippen molar-refractivity contribution in [3.05, 3.63) is 124 Å². The summed E-state index contributed by atoms with van der Waals surface area (Å²) in [5.41, 5.74) is 14.9. The first-order chi connectivity index (χ1) is 57.6. The molecule has 1 saturated heterocycles. The minimum atomic E-state index is -5.88. The van der Waals surface area contributed by atoms with E-state index >= 15 is 0 Å². The Morgan fingerprint density at radius 1 is 0.748 bits per heavy atom. The molecule has 123 heavy (non-hydrogen) atoms. The number of hydrogen-bond acceptors (Lipinski definition) is 30. The smallest absolute Gasteiger partial charge is 0.452 e. The van der Waals surface area contributed by atoms with Crippen LogP contribution in [0.3, 0.4) is 0 Å². The second-order valence-corrected chi connectivity index (χ2v) is 40.2. The molecule has 674 valence electrons.